The first-order chi connectivity index (χ1) is 15.4. The number of imidazole rings is 1. The number of nitrogens with zero attached hydrogens (tertiary/aromatic N) is 2. The molecule has 0 saturated carbocycles. The molecule has 5 rings (SSSR count). The van der Waals surface area contributed by atoms with Crippen LogP contribution < -0.4 is 5.32 Å². The van der Waals surface area contributed by atoms with E-state index in [1.54, 1.807) is 29.1 Å². The van der Waals surface area contributed by atoms with Gasteiger partial charge in [-0.05, 0) is 56.9 Å². The molecule has 0 fully saturated rings. The number of thiophene rings is 3. The number of rotatable bonds is 5. The van der Waals surface area contributed by atoms with E-state index >= 15 is 0 Å². The molecule has 0 saturated heterocycles. The molecule has 0 atom stereocenters. The molecule has 0 aliphatic carbocycles. The fourth-order valence-corrected chi connectivity index (χ4v) is 5.39. The smallest absolute Gasteiger partial charge is 0.346 e. The second-order valence-corrected chi connectivity index (χ2v) is 9.52. The number of alkyl halides is 3. The Labute approximate surface area is 192 Å². The van der Waals surface area contributed by atoms with Crippen LogP contribution in [0.4, 0.5) is 13.2 Å². The number of fused-ring (bicyclic) bond motifs is 1. The number of halogens is 3. The van der Waals surface area contributed by atoms with Crippen LogP contribution >= 0.6 is 34.0 Å². The second kappa shape index (κ2) is 8.19. The van der Waals surface area contributed by atoms with Crippen LogP contribution in [0.1, 0.15) is 20.9 Å². The van der Waals surface area contributed by atoms with Crippen molar-refractivity contribution in [1.29, 1.82) is 0 Å². The van der Waals surface area contributed by atoms with Crippen molar-refractivity contribution in [1.82, 2.24) is 14.7 Å². The molecule has 10 heteroatoms. The Morgan fingerprint density at radius 2 is 1.78 bits per heavy atom. The predicted octanol–water partition coefficient (Wildman–Crippen LogP) is 6.80. The minimum atomic E-state index is -4.63. The summed E-state index contributed by atoms with van der Waals surface area (Å²) in [5, 5.41) is 11.9. The van der Waals surface area contributed by atoms with E-state index in [4.69, 9.17) is 0 Å². The summed E-state index contributed by atoms with van der Waals surface area (Å²) < 4.78 is 43.4. The molecule has 5 aromatic heterocycles. The van der Waals surface area contributed by atoms with E-state index in [0.717, 1.165) is 10.9 Å². The van der Waals surface area contributed by atoms with Crippen molar-refractivity contribution in [3.05, 3.63) is 79.6 Å². The van der Waals surface area contributed by atoms with Gasteiger partial charge in [0.05, 0.1) is 17.8 Å². The Hall–Kier alpha value is -2.95. The summed E-state index contributed by atoms with van der Waals surface area (Å²) >= 11 is 4.29. The maximum absolute atomic E-state index is 14.0. The molecule has 5 aromatic rings. The van der Waals surface area contributed by atoms with Crippen molar-refractivity contribution >= 4 is 45.6 Å². The van der Waals surface area contributed by atoms with Gasteiger partial charge >= 0.3 is 6.18 Å². The standard InChI is InChI=1S/C22H14F3N3OS3/c23-22(24,25)17-8-15(13-3-6-30-11-13)10-28-19(14-4-7-31-12-14)18(27-20(17)28)21(29)26-9-16-2-1-5-32-16/h1-8,10-12H,9H2,(H,26,29). The molecule has 0 aliphatic heterocycles. The van der Waals surface area contributed by atoms with E-state index in [2.05, 4.69) is 10.3 Å². The Morgan fingerprint density at radius 1 is 1.03 bits per heavy atom. The van der Waals surface area contributed by atoms with Gasteiger partial charge in [0.15, 0.2) is 11.3 Å². The summed E-state index contributed by atoms with van der Waals surface area (Å²) in [5.41, 5.74) is 0.857. The summed E-state index contributed by atoms with van der Waals surface area (Å²) in [4.78, 5) is 18.2. The molecule has 4 nitrogen and oxygen atoms in total. The molecule has 32 heavy (non-hydrogen) atoms. The Balaban J connectivity index is 1.71. The lowest BCUT2D eigenvalue weighted by molar-refractivity contribution is -0.136. The molecule has 1 amide bonds. The molecule has 0 radical (unpaired) electrons. The molecular weight excluding hydrogens is 475 g/mol. The van der Waals surface area contributed by atoms with Gasteiger partial charge in [0.2, 0.25) is 0 Å². The third kappa shape index (κ3) is 3.85. The molecule has 0 bridgehead atoms. The quantitative estimate of drug-likeness (QED) is 0.295. The minimum absolute atomic E-state index is 0.0343. The maximum Gasteiger partial charge on any atom is 0.420 e. The summed E-state index contributed by atoms with van der Waals surface area (Å²) in [6.07, 6.45) is -3.02. The fourth-order valence-electron chi connectivity index (χ4n) is 3.44. The number of amides is 1. The van der Waals surface area contributed by atoms with E-state index in [-0.39, 0.29) is 17.9 Å². The Morgan fingerprint density at radius 3 is 2.41 bits per heavy atom. The van der Waals surface area contributed by atoms with Gasteiger partial charge in [-0.25, -0.2) is 4.98 Å². The van der Waals surface area contributed by atoms with Gasteiger partial charge in [-0.2, -0.15) is 35.8 Å². The third-order valence-electron chi connectivity index (χ3n) is 4.89. The van der Waals surface area contributed by atoms with Gasteiger partial charge < -0.3 is 5.32 Å². The molecule has 0 aliphatic rings. The number of carbonyl (C=O) groups excluding carboxylic acids is 1. The normalized spacial score (nSPS) is 11.8. The van der Waals surface area contributed by atoms with Crippen LogP contribution in [0, 0.1) is 0 Å². The number of hydrogen-bond donors (Lipinski definition) is 1. The van der Waals surface area contributed by atoms with Crippen molar-refractivity contribution in [2.24, 2.45) is 0 Å². The zero-order valence-corrected chi connectivity index (χ0v) is 18.7. The number of pyridine rings is 1. The average Bonchev–Trinajstić information content (AvgIpc) is 3.55. The third-order valence-corrected chi connectivity index (χ3v) is 7.14. The highest BCUT2D eigenvalue weighted by Crippen LogP contribution is 2.38. The first-order valence-corrected chi connectivity index (χ1v) is 12.2. The zero-order chi connectivity index (χ0) is 22.3. The van der Waals surface area contributed by atoms with Crippen molar-refractivity contribution in [3.8, 4) is 22.4 Å². The number of nitrogens with one attached hydrogen (secondary N) is 1. The molecule has 0 spiro atoms. The van der Waals surface area contributed by atoms with Crippen LogP contribution in [0.2, 0.25) is 0 Å². The Bertz CT molecular complexity index is 1370. The van der Waals surface area contributed by atoms with Gasteiger partial charge in [-0.3, -0.25) is 9.20 Å². The highest BCUT2D eigenvalue weighted by atomic mass is 32.1. The SMILES string of the molecule is O=C(NCc1cccs1)c1nc2c(C(F)(F)F)cc(-c3ccsc3)cn2c1-c1ccsc1. The first kappa shape index (κ1) is 20.9. The van der Waals surface area contributed by atoms with Crippen molar-refractivity contribution in [2.75, 3.05) is 0 Å². The van der Waals surface area contributed by atoms with E-state index < -0.39 is 17.6 Å². The summed E-state index contributed by atoms with van der Waals surface area (Å²) in [6, 6.07) is 8.38. The van der Waals surface area contributed by atoms with Crippen molar-refractivity contribution in [3.63, 3.8) is 0 Å². The summed E-state index contributed by atoms with van der Waals surface area (Å²) in [7, 11) is 0. The first-order valence-electron chi connectivity index (χ1n) is 9.41. The zero-order valence-electron chi connectivity index (χ0n) is 16.2. The van der Waals surface area contributed by atoms with Gasteiger partial charge in [-0.15, -0.1) is 11.3 Å². The van der Waals surface area contributed by atoms with Crippen molar-refractivity contribution in [2.45, 2.75) is 12.7 Å². The van der Waals surface area contributed by atoms with Crippen LogP contribution in [-0.4, -0.2) is 15.3 Å². The van der Waals surface area contributed by atoms with E-state index in [1.165, 1.54) is 38.4 Å². The van der Waals surface area contributed by atoms with Crippen molar-refractivity contribution < 1.29 is 18.0 Å². The summed E-state index contributed by atoms with van der Waals surface area (Å²) in [6.45, 7) is 0.278. The largest absolute Gasteiger partial charge is 0.420 e. The monoisotopic (exact) mass is 489 g/mol. The molecule has 0 unspecified atom stereocenters. The topological polar surface area (TPSA) is 46.4 Å². The molecule has 1 N–H and O–H groups in total. The molecular formula is C22H14F3N3OS3. The van der Waals surface area contributed by atoms with Gasteiger partial charge in [0.25, 0.3) is 5.91 Å². The van der Waals surface area contributed by atoms with Crippen LogP contribution in [0.15, 0.2) is 63.4 Å². The van der Waals surface area contributed by atoms with Crippen LogP contribution in [-0.2, 0) is 12.7 Å². The Kier molecular flexibility index (Phi) is 5.36. The average molecular weight is 490 g/mol. The maximum atomic E-state index is 14.0. The molecule has 162 valence electrons. The van der Waals surface area contributed by atoms with Crippen LogP contribution in [0.3, 0.4) is 0 Å². The lowest BCUT2D eigenvalue weighted by Gasteiger charge is -2.12. The van der Waals surface area contributed by atoms with E-state index in [0.29, 0.717) is 22.4 Å². The molecule has 0 aromatic carbocycles. The highest BCUT2D eigenvalue weighted by Gasteiger charge is 2.36. The van der Waals surface area contributed by atoms with Gasteiger partial charge in [0.1, 0.15) is 0 Å². The number of carbonyl (C=O) groups is 1. The predicted molar refractivity (Wildman–Crippen MR) is 122 cm³/mol. The number of aromatic nitrogens is 2. The van der Waals surface area contributed by atoms with Crippen LogP contribution in [0.25, 0.3) is 28.0 Å². The van der Waals surface area contributed by atoms with Gasteiger partial charge in [-0.1, -0.05) is 6.07 Å². The van der Waals surface area contributed by atoms with Crippen LogP contribution in [0.5, 0.6) is 0 Å². The lowest BCUT2D eigenvalue weighted by Crippen LogP contribution is -2.23. The minimum Gasteiger partial charge on any atom is -0.346 e. The van der Waals surface area contributed by atoms with Gasteiger partial charge in [0, 0.05) is 22.0 Å². The number of hydrogen-bond acceptors (Lipinski definition) is 5. The molecule has 5 heterocycles. The lowest BCUT2D eigenvalue weighted by atomic mass is 10.1. The van der Waals surface area contributed by atoms with E-state index in [1.807, 2.05) is 28.3 Å². The van der Waals surface area contributed by atoms with E-state index in [9.17, 15) is 18.0 Å². The fraction of sp³-hybridized carbons (Fsp3) is 0.0909. The summed E-state index contributed by atoms with van der Waals surface area (Å²) in [5.74, 6) is -0.520. The second-order valence-electron chi connectivity index (χ2n) is 6.93. The highest BCUT2D eigenvalue weighted by molar-refractivity contribution is 7.10.